The highest BCUT2D eigenvalue weighted by Gasteiger charge is 2.41. The van der Waals surface area contributed by atoms with Crippen LogP contribution in [0.4, 0.5) is 9.18 Å². The Morgan fingerprint density at radius 2 is 2.07 bits per heavy atom. The van der Waals surface area contributed by atoms with Gasteiger partial charge in [-0.25, -0.2) is 19.2 Å². The van der Waals surface area contributed by atoms with E-state index in [4.69, 9.17) is 9.72 Å². The Hall–Kier alpha value is -2.54. The minimum atomic E-state index is -0.348. The van der Waals surface area contributed by atoms with Gasteiger partial charge in [0.25, 0.3) is 0 Å². The molecule has 1 aromatic heterocycles. The third-order valence-electron chi connectivity index (χ3n) is 6.07. The van der Waals surface area contributed by atoms with Gasteiger partial charge in [0.1, 0.15) is 18.2 Å². The molecule has 0 saturated carbocycles. The van der Waals surface area contributed by atoms with Gasteiger partial charge in [-0.1, -0.05) is 0 Å². The maximum Gasteiger partial charge on any atom is 0.407 e. The monoisotopic (exact) mass is 412 g/mol. The van der Waals surface area contributed by atoms with Crippen LogP contribution < -0.4 is 5.32 Å². The van der Waals surface area contributed by atoms with Gasteiger partial charge in [0.05, 0.1) is 5.69 Å². The summed E-state index contributed by atoms with van der Waals surface area (Å²) in [4.78, 5) is 23.6. The number of piperidine rings is 3. The molecular weight excluding hydrogens is 383 g/mol. The van der Waals surface area contributed by atoms with Gasteiger partial charge in [-0.3, -0.25) is 4.90 Å². The van der Waals surface area contributed by atoms with Crippen molar-refractivity contribution in [2.45, 2.75) is 51.6 Å². The van der Waals surface area contributed by atoms with E-state index in [2.05, 4.69) is 15.2 Å². The molecule has 0 aliphatic carbocycles. The second-order valence-corrected chi connectivity index (χ2v) is 8.67. The zero-order chi connectivity index (χ0) is 21.3. The number of aryl methyl sites for hydroxylation is 1. The molecule has 3 fully saturated rings. The molecule has 7 heteroatoms. The van der Waals surface area contributed by atoms with Crippen molar-refractivity contribution in [3.8, 4) is 11.3 Å². The van der Waals surface area contributed by atoms with Crippen LogP contribution in [0.5, 0.6) is 0 Å². The van der Waals surface area contributed by atoms with E-state index in [0.717, 1.165) is 48.7 Å². The van der Waals surface area contributed by atoms with Crippen LogP contribution in [-0.4, -0.2) is 52.7 Å². The third-order valence-corrected chi connectivity index (χ3v) is 6.07. The van der Waals surface area contributed by atoms with Crippen molar-refractivity contribution < 1.29 is 13.9 Å². The van der Waals surface area contributed by atoms with Gasteiger partial charge in [0, 0.05) is 35.8 Å². The van der Waals surface area contributed by atoms with Crippen LogP contribution >= 0.6 is 0 Å². The lowest BCUT2D eigenvalue weighted by Crippen LogP contribution is -2.54. The molecule has 3 saturated heterocycles. The first-order valence-electron chi connectivity index (χ1n) is 10.7. The summed E-state index contributed by atoms with van der Waals surface area (Å²) in [7, 11) is 0. The fourth-order valence-corrected chi connectivity index (χ4v) is 4.65. The smallest absolute Gasteiger partial charge is 0.407 e. The minimum Gasteiger partial charge on any atom is -0.448 e. The maximum atomic E-state index is 13.3. The standard InChI is InChI=1S/C23H29FN4O2/c1-14(2)25-23(29)30-13-19-10-17-8-9-28(19)12-20(17)22-11-21(26-15(3)27-22)16-4-6-18(24)7-5-16/h4-7,11,14,17,19-20H,8-10,12-13H2,1-3H3,(H,25,29)/t17-,19+,20-/m0/s1. The van der Waals surface area contributed by atoms with Gasteiger partial charge in [-0.2, -0.15) is 0 Å². The lowest BCUT2D eigenvalue weighted by molar-refractivity contribution is -0.00373. The van der Waals surface area contributed by atoms with Crippen molar-refractivity contribution in [2.75, 3.05) is 19.7 Å². The van der Waals surface area contributed by atoms with Crippen LogP contribution in [0.2, 0.25) is 0 Å². The molecule has 3 aliphatic heterocycles. The largest absolute Gasteiger partial charge is 0.448 e. The van der Waals surface area contributed by atoms with Crippen LogP contribution in [0.25, 0.3) is 11.3 Å². The number of nitrogens with zero attached hydrogens (tertiary/aromatic N) is 3. The Labute approximate surface area is 176 Å². The van der Waals surface area contributed by atoms with Gasteiger partial charge < -0.3 is 10.1 Å². The van der Waals surface area contributed by atoms with Crippen molar-refractivity contribution in [2.24, 2.45) is 5.92 Å². The number of hydrogen-bond donors (Lipinski definition) is 1. The number of aromatic nitrogens is 2. The van der Waals surface area contributed by atoms with E-state index in [-0.39, 0.29) is 24.0 Å². The molecule has 2 bridgehead atoms. The molecule has 30 heavy (non-hydrogen) atoms. The van der Waals surface area contributed by atoms with Crippen LogP contribution in [0, 0.1) is 18.7 Å². The normalized spacial score (nSPS) is 25.4. The van der Waals surface area contributed by atoms with E-state index in [9.17, 15) is 9.18 Å². The number of benzene rings is 1. The quantitative estimate of drug-likeness (QED) is 0.807. The first-order valence-corrected chi connectivity index (χ1v) is 10.7. The number of nitrogens with one attached hydrogen (secondary N) is 1. The molecule has 6 nitrogen and oxygen atoms in total. The van der Waals surface area contributed by atoms with Gasteiger partial charge >= 0.3 is 6.09 Å². The second kappa shape index (κ2) is 8.68. The maximum absolute atomic E-state index is 13.3. The fraction of sp³-hybridized carbons (Fsp3) is 0.522. The number of fused-ring (bicyclic) bond motifs is 3. The van der Waals surface area contributed by atoms with Crippen LogP contribution in [0.3, 0.4) is 0 Å². The van der Waals surface area contributed by atoms with Crippen LogP contribution in [0.15, 0.2) is 30.3 Å². The molecule has 1 amide bonds. The molecule has 1 unspecified atom stereocenters. The number of carbonyl (C=O) groups excluding carboxylic acids is 1. The third kappa shape index (κ3) is 4.61. The molecule has 4 heterocycles. The predicted molar refractivity (Wildman–Crippen MR) is 113 cm³/mol. The summed E-state index contributed by atoms with van der Waals surface area (Å²) in [6.45, 7) is 8.09. The summed E-state index contributed by atoms with van der Waals surface area (Å²) >= 11 is 0. The summed E-state index contributed by atoms with van der Waals surface area (Å²) in [5.74, 6) is 1.32. The first kappa shape index (κ1) is 20.7. The molecule has 160 valence electrons. The zero-order valence-electron chi connectivity index (χ0n) is 17.8. The van der Waals surface area contributed by atoms with E-state index in [1.54, 1.807) is 12.1 Å². The topological polar surface area (TPSA) is 67.4 Å². The predicted octanol–water partition coefficient (Wildman–Crippen LogP) is 3.90. The Bertz CT molecular complexity index is 903. The van der Waals surface area contributed by atoms with Crippen molar-refractivity contribution in [1.29, 1.82) is 0 Å². The van der Waals surface area contributed by atoms with Gasteiger partial charge in [0.2, 0.25) is 0 Å². The highest BCUT2D eigenvalue weighted by molar-refractivity contribution is 5.67. The van der Waals surface area contributed by atoms with Gasteiger partial charge in [-0.05, 0) is 76.4 Å². The summed E-state index contributed by atoms with van der Waals surface area (Å²) < 4.78 is 18.7. The van der Waals surface area contributed by atoms with Crippen LogP contribution in [-0.2, 0) is 4.74 Å². The Balaban J connectivity index is 1.46. The summed E-state index contributed by atoms with van der Waals surface area (Å²) in [5.41, 5.74) is 2.78. The van der Waals surface area contributed by atoms with E-state index >= 15 is 0 Å². The first-order chi connectivity index (χ1) is 14.4. The highest BCUT2D eigenvalue weighted by atomic mass is 19.1. The fourth-order valence-electron chi connectivity index (χ4n) is 4.65. The number of rotatable bonds is 5. The van der Waals surface area contributed by atoms with E-state index in [0.29, 0.717) is 18.4 Å². The number of hydrogen-bond acceptors (Lipinski definition) is 5. The summed E-state index contributed by atoms with van der Waals surface area (Å²) in [6, 6.07) is 8.81. The average Bonchev–Trinajstić information content (AvgIpc) is 2.72. The second-order valence-electron chi connectivity index (χ2n) is 8.67. The Morgan fingerprint density at radius 3 is 2.73 bits per heavy atom. The van der Waals surface area contributed by atoms with E-state index in [1.165, 1.54) is 12.1 Å². The summed E-state index contributed by atoms with van der Waals surface area (Å²) in [6.07, 6.45) is 1.77. The molecule has 2 aromatic rings. The molecule has 5 rings (SSSR count). The lowest BCUT2D eigenvalue weighted by Gasteiger charge is -2.49. The molecule has 4 atom stereocenters. The average molecular weight is 413 g/mol. The lowest BCUT2D eigenvalue weighted by atomic mass is 9.74. The molecule has 0 spiro atoms. The number of carbonyl (C=O) groups is 1. The SMILES string of the molecule is Cc1nc(-c2ccc(F)cc2)cc([C@H]2CN3CC[C@H]2C[C@@H]3COC(=O)NC(C)C)n1. The number of alkyl carbamates (subject to hydrolysis) is 1. The zero-order valence-corrected chi connectivity index (χ0v) is 17.8. The number of amides is 1. The molecule has 3 aliphatic rings. The molecule has 0 radical (unpaired) electrons. The highest BCUT2D eigenvalue weighted by Crippen LogP contribution is 2.41. The van der Waals surface area contributed by atoms with E-state index in [1.807, 2.05) is 26.8 Å². The van der Waals surface area contributed by atoms with Crippen LogP contribution in [0.1, 0.15) is 44.1 Å². The molecule has 1 aromatic carbocycles. The minimum absolute atomic E-state index is 0.0706. The van der Waals surface area contributed by atoms with Crippen molar-refractivity contribution >= 4 is 6.09 Å². The van der Waals surface area contributed by atoms with Crippen molar-refractivity contribution in [1.82, 2.24) is 20.2 Å². The Morgan fingerprint density at radius 1 is 1.30 bits per heavy atom. The molecule has 1 N–H and O–H groups in total. The van der Waals surface area contributed by atoms with E-state index < -0.39 is 0 Å². The van der Waals surface area contributed by atoms with Gasteiger partial charge in [-0.15, -0.1) is 0 Å². The van der Waals surface area contributed by atoms with Gasteiger partial charge in [0.15, 0.2) is 0 Å². The summed E-state index contributed by atoms with van der Waals surface area (Å²) in [5, 5.41) is 2.77. The van der Waals surface area contributed by atoms with Crippen molar-refractivity contribution in [3.63, 3.8) is 0 Å². The Kier molecular flexibility index (Phi) is 5.99. The number of ether oxygens (including phenoxy) is 1. The molecular formula is C23H29FN4O2. The number of halogens is 1. The van der Waals surface area contributed by atoms with Crippen molar-refractivity contribution in [3.05, 3.63) is 47.7 Å².